The molecule has 2 aromatic heterocycles. The first kappa shape index (κ1) is 13.2. The second kappa shape index (κ2) is 5.39. The van der Waals surface area contributed by atoms with E-state index in [0.717, 1.165) is 27.2 Å². The normalized spacial score (nSPS) is 11.7. The van der Waals surface area contributed by atoms with Gasteiger partial charge in [0.25, 0.3) is 0 Å². The van der Waals surface area contributed by atoms with Crippen molar-refractivity contribution in [3.05, 3.63) is 72.2 Å². The molecule has 0 aliphatic rings. The lowest BCUT2D eigenvalue weighted by Gasteiger charge is -2.02. The van der Waals surface area contributed by atoms with Gasteiger partial charge in [0.05, 0.1) is 11.1 Å². The van der Waals surface area contributed by atoms with Crippen molar-refractivity contribution >= 4 is 33.3 Å². The van der Waals surface area contributed by atoms with E-state index >= 15 is 0 Å². The summed E-state index contributed by atoms with van der Waals surface area (Å²) in [5.74, 6) is 0. The van der Waals surface area contributed by atoms with Crippen LogP contribution in [0.2, 0.25) is 0 Å². The third kappa shape index (κ3) is 2.25. The molecule has 23 heavy (non-hydrogen) atoms. The van der Waals surface area contributed by atoms with Crippen LogP contribution in [0.15, 0.2) is 60.9 Å². The van der Waals surface area contributed by atoms with E-state index in [1.54, 1.807) is 6.20 Å². The van der Waals surface area contributed by atoms with Crippen LogP contribution in [-0.4, -0.2) is 15.2 Å². The first-order valence-electron chi connectivity index (χ1n) is 7.25. The van der Waals surface area contributed by atoms with Gasteiger partial charge in [0, 0.05) is 23.2 Å². The first-order valence-corrected chi connectivity index (χ1v) is 7.25. The smallest absolute Gasteiger partial charge is 0.110 e. The van der Waals surface area contributed by atoms with Gasteiger partial charge in [0.1, 0.15) is 11.8 Å². The average molecular weight is 296 g/mol. The minimum Gasteiger partial charge on any atom is -0.277 e. The van der Waals surface area contributed by atoms with Crippen LogP contribution in [0.25, 0.3) is 33.3 Å². The van der Waals surface area contributed by atoms with Gasteiger partial charge in [0.15, 0.2) is 0 Å². The highest BCUT2D eigenvalue weighted by Gasteiger charge is 2.10. The molecule has 4 rings (SSSR count). The van der Waals surface area contributed by atoms with Crippen molar-refractivity contribution < 1.29 is 0 Å². The van der Waals surface area contributed by atoms with E-state index in [9.17, 15) is 5.26 Å². The molecule has 4 heteroatoms. The SMILES string of the molecule is N#C/C(=C\c1cccc2cnccc12)c1n[nH]c2ccccc12. The highest BCUT2D eigenvalue weighted by Crippen LogP contribution is 2.26. The lowest BCUT2D eigenvalue weighted by Crippen LogP contribution is -1.85. The molecule has 0 amide bonds. The maximum absolute atomic E-state index is 9.61. The predicted octanol–water partition coefficient (Wildman–Crippen LogP) is 4.18. The summed E-state index contributed by atoms with van der Waals surface area (Å²) < 4.78 is 0. The van der Waals surface area contributed by atoms with Crippen LogP contribution < -0.4 is 0 Å². The van der Waals surface area contributed by atoms with Gasteiger partial charge in [0.2, 0.25) is 0 Å². The molecule has 0 radical (unpaired) electrons. The molecule has 0 saturated carbocycles. The molecule has 0 spiro atoms. The molecule has 4 aromatic rings. The number of benzene rings is 2. The molecule has 0 aliphatic heterocycles. The Morgan fingerprint density at radius 2 is 1.96 bits per heavy atom. The van der Waals surface area contributed by atoms with Gasteiger partial charge in [-0.3, -0.25) is 10.1 Å². The molecule has 108 valence electrons. The van der Waals surface area contributed by atoms with Crippen molar-refractivity contribution in [3.63, 3.8) is 0 Å². The number of aromatic amines is 1. The second-order valence-electron chi connectivity index (χ2n) is 5.23. The van der Waals surface area contributed by atoms with Crippen LogP contribution in [0.5, 0.6) is 0 Å². The zero-order valence-electron chi connectivity index (χ0n) is 12.2. The summed E-state index contributed by atoms with van der Waals surface area (Å²) in [7, 11) is 0. The zero-order chi connectivity index (χ0) is 15.6. The van der Waals surface area contributed by atoms with Crippen molar-refractivity contribution in [2.75, 3.05) is 0 Å². The maximum atomic E-state index is 9.61. The van der Waals surface area contributed by atoms with Crippen molar-refractivity contribution in [2.45, 2.75) is 0 Å². The summed E-state index contributed by atoms with van der Waals surface area (Å²) in [5, 5.41) is 20.0. The number of pyridine rings is 1. The Kier molecular flexibility index (Phi) is 3.10. The summed E-state index contributed by atoms with van der Waals surface area (Å²) in [5.41, 5.74) is 3.11. The maximum Gasteiger partial charge on any atom is 0.110 e. The average Bonchev–Trinajstić information content (AvgIpc) is 3.04. The number of fused-ring (bicyclic) bond motifs is 2. The molecular weight excluding hydrogens is 284 g/mol. The highest BCUT2D eigenvalue weighted by atomic mass is 15.1. The molecule has 0 fully saturated rings. The van der Waals surface area contributed by atoms with Crippen LogP contribution in [0.4, 0.5) is 0 Å². The number of H-pyrrole nitrogens is 1. The van der Waals surface area contributed by atoms with Gasteiger partial charge >= 0.3 is 0 Å². The number of allylic oxidation sites excluding steroid dienone is 1. The summed E-state index contributed by atoms with van der Waals surface area (Å²) in [6.45, 7) is 0. The number of aromatic nitrogens is 3. The Bertz CT molecular complexity index is 1080. The van der Waals surface area contributed by atoms with Gasteiger partial charge in [-0.25, -0.2) is 0 Å². The molecule has 2 heterocycles. The Labute approximate surface area is 132 Å². The minimum atomic E-state index is 0.534. The van der Waals surface area contributed by atoms with Crippen molar-refractivity contribution in [1.82, 2.24) is 15.2 Å². The second-order valence-corrected chi connectivity index (χ2v) is 5.23. The molecule has 0 bridgehead atoms. The largest absolute Gasteiger partial charge is 0.277 e. The summed E-state index contributed by atoms with van der Waals surface area (Å²) in [4.78, 5) is 4.14. The van der Waals surface area contributed by atoms with Crippen LogP contribution >= 0.6 is 0 Å². The fraction of sp³-hybridized carbons (Fsp3) is 0. The monoisotopic (exact) mass is 296 g/mol. The molecule has 4 nitrogen and oxygen atoms in total. The lowest BCUT2D eigenvalue weighted by molar-refractivity contribution is 1.10. The van der Waals surface area contributed by atoms with Crippen LogP contribution in [0, 0.1) is 11.3 Å². The topological polar surface area (TPSA) is 65.4 Å². The Morgan fingerprint density at radius 3 is 2.87 bits per heavy atom. The highest BCUT2D eigenvalue weighted by molar-refractivity contribution is 6.02. The number of hydrogen-bond donors (Lipinski definition) is 1. The number of para-hydroxylation sites is 1. The predicted molar refractivity (Wildman–Crippen MR) is 91.3 cm³/mol. The van der Waals surface area contributed by atoms with Crippen LogP contribution in [0.3, 0.4) is 0 Å². The van der Waals surface area contributed by atoms with Gasteiger partial charge in [-0.2, -0.15) is 10.4 Å². The van der Waals surface area contributed by atoms with E-state index in [1.807, 2.05) is 60.8 Å². The fourth-order valence-electron chi connectivity index (χ4n) is 2.75. The minimum absolute atomic E-state index is 0.534. The van der Waals surface area contributed by atoms with Crippen LogP contribution in [-0.2, 0) is 0 Å². The Hall–Kier alpha value is -3.45. The van der Waals surface area contributed by atoms with Gasteiger partial charge in [-0.15, -0.1) is 0 Å². The molecule has 0 atom stereocenters. The van der Waals surface area contributed by atoms with Crippen LogP contribution in [0.1, 0.15) is 11.3 Å². The van der Waals surface area contributed by atoms with E-state index in [4.69, 9.17) is 0 Å². The summed E-state index contributed by atoms with van der Waals surface area (Å²) >= 11 is 0. The fourth-order valence-corrected chi connectivity index (χ4v) is 2.75. The number of nitriles is 1. The first-order chi connectivity index (χ1) is 11.4. The molecule has 0 saturated heterocycles. The molecule has 0 unspecified atom stereocenters. The standard InChI is InChI=1S/C19H12N4/c20-11-15(19-17-6-1-2-7-18(17)22-23-19)10-13-4-3-5-14-12-21-9-8-16(13)14/h1-10,12H,(H,22,23)/b15-10+. The Balaban J connectivity index is 1.93. The van der Waals surface area contributed by atoms with Crippen molar-refractivity contribution in [1.29, 1.82) is 5.26 Å². The van der Waals surface area contributed by atoms with Crippen molar-refractivity contribution in [2.24, 2.45) is 0 Å². The van der Waals surface area contributed by atoms with Gasteiger partial charge in [-0.05, 0) is 29.2 Å². The van der Waals surface area contributed by atoms with E-state index in [1.165, 1.54) is 0 Å². The van der Waals surface area contributed by atoms with E-state index < -0.39 is 0 Å². The summed E-state index contributed by atoms with van der Waals surface area (Å²) in [6, 6.07) is 18.0. The number of hydrogen-bond acceptors (Lipinski definition) is 3. The third-order valence-corrected chi connectivity index (χ3v) is 3.86. The third-order valence-electron chi connectivity index (χ3n) is 3.86. The van der Waals surface area contributed by atoms with Gasteiger partial charge < -0.3 is 0 Å². The molecule has 0 aliphatic carbocycles. The molecular formula is C19H12N4. The van der Waals surface area contributed by atoms with E-state index in [0.29, 0.717) is 11.3 Å². The van der Waals surface area contributed by atoms with Crippen molar-refractivity contribution in [3.8, 4) is 6.07 Å². The van der Waals surface area contributed by atoms with E-state index in [2.05, 4.69) is 21.3 Å². The van der Waals surface area contributed by atoms with Gasteiger partial charge in [-0.1, -0.05) is 36.4 Å². The van der Waals surface area contributed by atoms with E-state index in [-0.39, 0.29) is 0 Å². The number of nitrogens with one attached hydrogen (secondary N) is 1. The quantitative estimate of drug-likeness (QED) is 0.564. The number of nitrogens with zero attached hydrogens (tertiary/aromatic N) is 3. The lowest BCUT2D eigenvalue weighted by atomic mass is 10.0. The molecule has 2 aromatic carbocycles. The Morgan fingerprint density at radius 1 is 1.04 bits per heavy atom. The number of rotatable bonds is 2. The summed E-state index contributed by atoms with van der Waals surface area (Å²) in [6.07, 6.45) is 5.46. The molecule has 1 N–H and O–H groups in total. The zero-order valence-corrected chi connectivity index (χ0v) is 12.2.